The number of β-lactam (4-membered cyclic amide) rings is 1. The summed E-state index contributed by atoms with van der Waals surface area (Å²) in [5, 5.41) is 37.9. The molecule has 0 unspecified atom stereocenters. The van der Waals surface area contributed by atoms with Gasteiger partial charge in [-0.1, -0.05) is 16.8 Å². The van der Waals surface area contributed by atoms with Crippen LogP contribution >= 0.6 is 34.9 Å². The number of hydrogen-bond acceptors (Lipinski definition) is 17. The van der Waals surface area contributed by atoms with E-state index in [4.69, 9.17) is 26.9 Å². The number of piperidine rings is 1. The first-order chi connectivity index (χ1) is 25.9. The number of nitrogens with one attached hydrogen (secondary N) is 1. The fourth-order valence-corrected chi connectivity index (χ4v) is 8.70. The van der Waals surface area contributed by atoms with E-state index >= 15 is 0 Å². The fraction of sp³-hybridized carbons (Fsp3) is 0.500. The number of tetrazole rings is 1. The number of nitrogens with zero attached hydrogens (tertiary/aromatic N) is 10. The standard InChI is InChI=1S/C32H39ClN12O8S2/c1-32(2,30(51)52-6)53-38-20(24-36-31(34)55-39-24)26(48)35-21-28(50)44-22(25-37-40-41-42(25)3)15(14-54-29(21)44)13-45(4,5)16-9-11-43(12-10-16)27(49)17-7-8-18(46)23(47)19(17)33/h7-8,16,21,29H,9-14H2,1-6H3,(H4-,34,35,36,38,39,40,41,46,47,48,49)/p+1/t21-,29-/m1/s1. The Morgan fingerprint density at radius 3 is 2.53 bits per heavy atom. The molecule has 0 bridgehead atoms. The summed E-state index contributed by atoms with van der Waals surface area (Å²) in [7, 11) is 7.06. The second-order valence-electron chi connectivity index (χ2n) is 14.2. The van der Waals surface area contributed by atoms with Crippen LogP contribution < -0.4 is 11.1 Å². The van der Waals surface area contributed by atoms with Crippen LogP contribution in [0.2, 0.25) is 5.02 Å². The Bertz CT molecular complexity index is 2090. The average molecular weight is 820 g/mol. The summed E-state index contributed by atoms with van der Waals surface area (Å²) < 4.78 is 10.8. The third-order valence-corrected chi connectivity index (χ3v) is 12.0. The summed E-state index contributed by atoms with van der Waals surface area (Å²) >= 11 is 8.48. The topological polar surface area (TPSA) is 253 Å². The molecule has 1 aromatic carbocycles. The molecule has 5 N–H and O–H groups in total. The molecule has 20 nitrogen and oxygen atoms in total. The highest BCUT2D eigenvalue weighted by molar-refractivity contribution is 8.00. The number of likely N-dealkylation sites (N-methyl/N-ethyl adjacent to an activating group) is 1. The van der Waals surface area contributed by atoms with Crippen LogP contribution in [0.5, 0.6) is 11.5 Å². The number of nitrogen functional groups attached to an aromatic ring is 1. The van der Waals surface area contributed by atoms with Crippen LogP contribution in [0.3, 0.4) is 0 Å². The highest BCUT2D eigenvalue weighted by atomic mass is 35.5. The molecule has 0 radical (unpaired) electrons. The van der Waals surface area contributed by atoms with E-state index in [2.05, 4.69) is 49.5 Å². The lowest BCUT2D eigenvalue weighted by Gasteiger charge is -2.51. The van der Waals surface area contributed by atoms with Crippen LogP contribution in [-0.4, -0.2) is 153 Å². The van der Waals surface area contributed by atoms with E-state index in [0.29, 0.717) is 54.2 Å². The number of quaternary nitrogens is 1. The number of anilines is 1. The number of rotatable bonds is 11. The van der Waals surface area contributed by atoms with E-state index < -0.39 is 46.3 Å². The lowest BCUT2D eigenvalue weighted by atomic mass is 9.98. The molecule has 2 saturated heterocycles. The van der Waals surface area contributed by atoms with Crippen LogP contribution in [0, 0.1) is 0 Å². The first-order valence-corrected chi connectivity index (χ1v) is 19.1. The molecule has 5 heterocycles. The maximum atomic E-state index is 14.0. The predicted molar refractivity (Wildman–Crippen MR) is 199 cm³/mol. The minimum absolute atomic E-state index is 0.0663. The Balaban J connectivity index is 1.19. The number of likely N-dealkylation sites (tertiary alicyclic amines) is 1. The molecule has 3 amide bonds. The Morgan fingerprint density at radius 2 is 1.91 bits per heavy atom. The monoisotopic (exact) mass is 819 g/mol. The molecular weight excluding hydrogens is 780 g/mol. The first kappa shape index (κ1) is 39.6. The zero-order valence-electron chi connectivity index (χ0n) is 30.7. The highest BCUT2D eigenvalue weighted by Gasteiger charge is 2.55. The van der Waals surface area contributed by atoms with Crippen molar-refractivity contribution in [2.75, 3.05) is 52.3 Å². The molecule has 2 aromatic heterocycles. The zero-order valence-corrected chi connectivity index (χ0v) is 33.1. The molecule has 0 aliphatic carbocycles. The molecule has 3 aromatic rings. The van der Waals surface area contributed by atoms with Gasteiger partial charge in [0.05, 0.1) is 43.5 Å². The van der Waals surface area contributed by atoms with Crippen molar-refractivity contribution >= 4 is 75.1 Å². The summed E-state index contributed by atoms with van der Waals surface area (Å²) in [5.41, 5.74) is 5.42. The molecule has 2 fully saturated rings. The number of carbonyl (C=O) groups excluding carboxylic acids is 4. The molecule has 2 atom stereocenters. The van der Waals surface area contributed by atoms with Crippen molar-refractivity contribution in [3.63, 3.8) is 0 Å². The van der Waals surface area contributed by atoms with E-state index in [-0.39, 0.29) is 39.2 Å². The van der Waals surface area contributed by atoms with Crippen LogP contribution in [0.25, 0.3) is 5.70 Å². The van der Waals surface area contributed by atoms with Gasteiger partial charge in [0.1, 0.15) is 18.0 Å². The van der Waals surface area contributed by atoms with Crippen LogP contribution in [-0.2, 0) is 31.0 Å². The van der Waals surface area contributed by atoms with Crippen molar-refractivity contribution < 1.29 is 43.4 Å². The Hall–Kier alpha value is -5.06. The number of aryl methyl sites for hydroxylation is 1. The summed E-state index contributed by atoms with van der Waals surface area (Å²) in [6.07, 6.45) is 1.34. The highest BCUT2D eigenvalue weighted by Crippen LogP contribution is 2.44. The maximum absolute atomic E-state index is 14.0. The minimum Gasteiger partial charge on any atom is -0.504 e. The van der Waals surface area contributed by atoms with E-state index in [1.807, 2.05) is 0 Å². The number of thioether (sulfide) groups is 1. The SMILES string of the molecule is COC(=O)C(C)(C)O/N=C(\C(=O)N[C@@H]1C(=O)N2C(c3nnnn3C)=C(C[N+](C)(C)C3CCN(C(=O)c4ccc(O)c(O)c4Cl)CC3)CS[C@H]12)c1nsc(N)n1. The van der Waals surface area contributed by atoms with E-state index in [9.17, 15) is 29.4 Å². The number of carbonyl (C=O) groups is 4. The number of nitrogens with two attached hydrogens (primary N) is 1. The number of benzene rings is 1. The zero-order chi connectivity index (χ0) is 40.0. The summed E-state index contributed by atoms with van der Waals surface area (Å²) in [6.45, 7) is 4.24. The van der Waals surface area contributed by atoms with Gasteiger partial charge in [0.25, 0.3) is 17.7 Å². The molecular formula is C32H40ClN12O8S2+. The number of fused-ring (bicyclic) bond motifs is 1. The van der Waals surface area contributed by atoms with Crippen LogP contribution in [0.15, 0.2) is 22.9 Å². The smallest absolute Gasteiger partial charge is 0.352 e. The van der Waals surface area contributed by atoms with E-state index in [1.165, 1.54) is 49.5 Å². The quantitative estimate of drug-likeness (QED) is 0.0516. The number of phenolic OH excluding ortho intramolecular Hbond substituents is 2. The molecule has 0 saturated carbocycles. The molecule has 3 aliphatic heterocycles. The maximum Gasteiger partial charge on any atom is 0.352 e. The Morgan fingerprint density at radius 1 is 1.20 bits per heavy atom. The number of methoxy groups -OCH3 is 1. The number of aromatic nitrogens is 6. The van der Waals surface area contributed by atoms with Gasteiger partial charge < -0.3 is 40.2 Å². The third kappa shape index (κ3) is 7.62. The van der Waals surface area contributed by atoms with Gasteiger partial charge >= 0.3 is 5.97 Å². The van der Waals surface area contributed by atoms with Crippen molar-refractivity contribution in [2.45, 2.75) is 49.7 Å². The van der Waals surface area contributed by atoms with Crippen molar-refractivity contribution in [3.8, 4) is 11.5 Å². The molecule has 0 spiro atoms. The average Bonchev–Trinajstić information content (AvgIpc) is 3.79. The largest absolute Gasteiger partial charge is 0.504 e. The number of oxime groups is 1. The number of ether oxygens (including phenoxy) is 1. The van der Waals surface area contributed by atoms with E-state index in [0.717, 1.165) is 17.1 Å². The Kier molecular flexibility index (Phi) is 11.0. The lowest BCUT2D eigenvalue weighted by molar-refractivity contribution is -0.911. The Labute approximate surface area is 328 Å². The van der Waals surface area contributed by atoms with Gasteiger partial charge in [-0.15, -0.1) is 16.9 Å². The summed E-state index contributed by atoms with van der Waals surface area (Å²) in [5.74, 6) is -2.50. The van der Waals surface area contributed by atoms with Crippen molar-refractivity contribution in [3.05, 3.63) is 39.9 Å². The van der Waals surface area contributed by atoms with Gasteiger partial charge in [0, 0.05) is 55.8 Å². The van der Waals surface area contributed by atoms with Gasteiger partial charge in [0.2, 0.25) is 17.1 Å². The number of esters is 1. The van der Waals surface area contributed by atoms with Crippen molar-refractivity contribution in [1.82, 2.24) is 44.7 Å². The molecule has 294 valence electrons. The minimum atomic E-state index is -1.56. The van der Waals surface area contributed by atoms with Gasteiger partial charge in [-0.2, -0.15) is 9.36 Å². The van der Waals surface area contributed by atoms with Crippen molar-refractivity contribution in [2.24, 2.45) is 12.2 Å². The summed E-state index contributed by atoms with van der Waals surface area (Å²) in [4.78, 5) is 65.8. The summed E-state index contributed by atoms with van der Waals surface area (Å²) in [6, 6.07) is 1.79. The van der Waals surface area contributed by atoms with E-state index in [1.54, 1.807) is 16.8 Å². The molecule has 3 aliphatic rings. The number of phenols is 2. The third-order valence-electron chi connectivity index (χ3n) is 9.74. The lowest BCUT2D eigenvalue weighted by Crippen LogP contribution is -2.70. The second-order valence-corrected chi connectivity index (χ2v) is 16.4. The predicted octanol–water partition coefficient (Wildman–Crippen LogP) is 0.573. The van der Waals surface area contributed by atoms with Gasteiger partial charge in [-0.25, -0.2) is 9.48 Å². The molecule has 55 heavy (non-hydrogen) atoms. The number of aromatic hydroxyl groups is 2. The van der Waals surface area contributed by atoms with Crippen LogP contribution in [0.1, 0.15) is 48.7 Å². The normalized spacial score (nSPS) is 19.5. The van der Waals surface area contributed by atoms with Crippen LogP contribution in [0.4, 0.5) is 5.13 Å². The molecule has 6 rings (SSSR count). The van der Waals surface area contributed by atoms with Gasteiger partial charge in [0.15, 0.2) is 22.5 Å². The number of hydrogen-bond donors (Lipinski definition) is 4. The first-order valence-electron chi connectivity index (χ1n) is 16.9. The fourth-order valence-electron chi connectivity index (χ4n) is 6.69. The number of halogens is 1. The second kappa shape index (κ2) is 15.2. The van der Waals surface area contributed by atoms with Gasteiger partial charge in [-0.3, -0.25) is 19.3 Å². The number of amides is 3. The van der Waals surface area contributed by atoms with Crippen molar-refractivity contribution in [1.29, 1.82) is 0 Å². The van der Waals surface area contributed by atoms with Gasteiger partial charge in [-0.05, 0) is 36.4 Å². The molecule has 23 heteroatoms.